The minimum atomic E-state index is -0.920. The van der Waals surface area contributed by atoms with Gasteiger partial charge in [-0.05, 0) is 55.8 Å². The zero-order chi connectivity index (χ0) is 30.2. The Bertz CT molecular complexity index is 1850. The Morgan fingerprint density at radius 3 is 2.75 bits per heavy atom. The maximum atomic E-state index is 16.7. The van der Waals surface area contributed by atoms with Crippen LogP contribution in [0.1, 0.15) is 37.7 Å². The maximum absolute atomic E-state index is 16.7. The van der Waals surface area contributed by atoms with Crippen molar-refractivity contribution in [2.75, 3.05) is 37.7 Å². The van der Waals surface area contributed by atoms with Crippen molar-refractivity contribution in [1.29, 1.82) is 0 Å². The number of phenolic OH excluding ortho intramolecular Hbond substituents is 1. The van der Waals surface area contributed by atoms with Gasteiger partial charge in [-0.2, -0.15) is 9.97 Å². The van der Waals surface area contributed by atoms with Crippen LogP contribution < -0.4 is 9.64 Å². The van der Waals surface area contributed by atoms with Crippen molar-refractivity contribution in [3.05, 3.63) is 47.7 Å². The van der Waals surface area contributed by atoms with Crippen molar-refractivity contribution < 1.29 is 27.8 Å². The molecule has 4 saturated heterocycles. The molecule has 8 nitrogen and oxygen atoms in total. The zero-order valence-corrected chi connectivity index (χ0v) is 23.9. The standard InChI is InChI=1S/C33H30F3N5O3/c1-2-23-26(35)7-4-18-10-20(42)11-24(27(18)23)29-28(36)30-25(13-37-29)31(40-15-21-5-6-22(16-40)44-21)39-32(38-30)43-17-33-8-3-9-41(33)14-19(34)12-33/h1,4,7,10-11,13,19,21-22,42H,3,5-6,8-9,12,14-17H2/t19-,21-,22+,33+/m1/s1. The monoisotopic (exact) mass is 601 g/mol. The Hall–Kier alpha value is -4.14. The molecule has 2 aromatic carbocycles. The van der Waals surface area contributed by atoms with E-state index in [1.807, 2.05) is 0 Å². The van der Waals surface area contributed by atoms with Crippen LogP contribution in [0, 0.1) is 24.0 Å². The van der Waals surface area contributed by atoms with Gasteiger partial charge in [0.25, 0.3) is 0 Å². The third-order valence-electron chi connectivity index (χ3n) is 9.67. The molecule has 4 aromatic rings. The largest absolute Gasteiger partial charge is 0.508 e. The number of phenols is 1. The first-order valence-corrected chi connectivity index (χ1v) is 15.0. The number of nitrogens with zero attached hydrogens (tertiary/aromatic N) is 5. The van der Waals surface area contributed by atoms with Gasteiger partial charge < -0.3 is 19.5 Å². The number of pyridine rings is 1. The van der Waals surface area contributed by atoms with Crippen LogP contribution in [0.3, 0.4) is 0 Å². The van der Waals surface area contributed by atoms with Crippen molar-refractivity contribution in [2.45, 2.75) is 56.0 Å². The molecule has 8 rings (SSSR count). The Labute approximate surface area is 251 Å². The number of hydrogen-bond donors (Lipinski definition) is 1. The topological polar surface area (TPSA) is 83.8 Å². The lowest BCUT2D eigenvalue weighted by atomic mass is 9.95. The van der Waals surface area contributed by atoms with Gasteiger partial charge in [0.15, 0.2) is 5.82 Å². The quantitative estimate of drug-likeness (QED) is 0.315. The number of anilines is 1. The molecule has 44 heavy (non-hydrogen) atoms. The van der Waals surface area contributed by atoms with Gasteiger partial charge >= 0.3 is 6.01 Å². The molecule has 4 atom stereocenters. The van der Waals surface area contributed by atoms with E-state index in [9.17, 15) is 13.9 Å². The van der Waals surface area contributed by atoms with E-state index in [1.54, 1.807) is 0 Å². The van der Waals surface area contributed by atoms with Crippen LogP contribution in [0.25, 0.3) is 32.9 Å². The summed E-state index contributed by atoms with van der Waals surface area (Å²) >= 11 is 0. The predicted molar refractivity (Wildman–Crippen MR) is 158 cm³/mol. The van der Waals surface area contributed by atoms with E-state index in [2.05, 4.69) is 25.7 Å². The summed E-state index contributed by atoms with van der Waals surface area (Å²) in [6, 6.07) is 5.43. The summed E-state index contributed by atoms with van der Waals surface area (Å²) < 4.78 is 58.2. The van der Waals surface area contributed by atoms with Crippen LogP contribution in [-0.4, -0.2) is 81.7 Å². The highest BCUT2D eigenvalue weighted by Crippen LogP contribution is 2.42. The Morgan fingerprint density at radius 2 is 1.95 bits per heavy atom. The van der Waals surface area contributed by atoms with Crippen molar-refractivity contribution in [3.63, 3.8) is 0 Å². The molecule has 6 heterocycles. The Kier molecular flexibility index (Phi) is 6.36. The number of rotatable bonds is 5. The summed E-state index contributed by atoms with van der Waals surface area (Å²) in [5, 5.41) is 11.6. The molecule has 1 N–H and O–H groups in total. The Balaban J connectivity index is 1.28. The minimum Gasteiger partial charge on any atom is -0.508 e. The highest BCUT2D eigenvalue weighted by Gasteiger charge is 2.49. The first kappa shape index (κ1) is 27.4. The number of benzene rings is 2. The second-order valence-corrected chi connectivity index (χ2v) is 12.4. The first-order chi connectivity index (χ1) is 21.3. The average molecular weight is 602 g/mol. The van der Waals surface area contributed by atoms with Gasteiger partial charge in [-0.15, -0.1) is 6.42 Å². The molecule has 0 radical (unpaired) electrons. The molecule has 4 aliphatic heterocycles. The number of aromatic nitrogens is 3. The molecule has 0 amide bonds. The fourth-order valence-corrected chi connectivity index (χ4v) is 7.70. The van der Waals surface area contributed by atoms with Crippen molar-refractivity contribution in [2.24, 2.45) is 0 Å². The van der Waals surface area contributed by atoms with E-state index in [-0.39, 0.29) is 58.3 Å². The number of hydrogen-bond acceptors (Lipinski definition) is 8. The highest BCUT2D eigenvalue weighted by atomic mass is 19.1. The second-order valence-electron chi connectivity index (χ2n) is 12.4. The SMILES string of the molecule is C#Cc1c(F)ccc2cc(O)cc(-c3ncc4c(N5C[C@H]6CC[C@@H](C5)O6)nc(OC[C@@]56CCCN5C[C@H](F)C6)nc4c3F)c12. The van der Waals surface area contributed by atoms with Crippen LogP contribution in [0.4, 0.5) is 19.0 Å². The second kappa shape index (κ2) is 10.2. The third kappa shape index (κ3) is 4.34. The molecular weight excluding hydrogens is 571 g/mol. The number of ether oxygens (including phenoxy) is 2. The van der Waals surface area contributed by atoms with E-state index >= 15 is 4.39 Å². The van der Waals surface area contributed by atoms with E-state index in [0.29, 0.717) is 42.6 Å². The van der Waals surface area contributed by atoms with Gasteiger partial charge in [-0.1, -0.05) is 12.0 Å². The molecule has 226 valence electrons. The fraction of sp³-hybridized carbons (Fsp3) is 0.424. The normalized spacial score (nSPS) is 26.4. The molecule has 0 spiro atoms. The smallest absolute Gasteiger partial charge is 0.319 e. The molecule has 2 bridgehead atoms. The van der Waals surface area contributed by atoms with E-state index in [1.165, 1.54) is 30.5 Å². The third-order valence-corrected chi connectivity index (χ3v) is 9.67. The van der Waals surface area contributed by atoms with Gasteiger partial charge in [0, 0.05) is 43.2 Å². The first-order valence-electron chi connectivity index (χ1n) is 15.0. The molecule has 0 saturated carbocycles. The molecule has 0 aliphatic carbocycles. The lowest BCUT2D eigenvalue weighted by molar-refractivity contribution is 0.0302. The van der Waals surface area contributed by atoms with Crippen molar-refractivity contribution >= 4 is 27.5 Å². The van der Waals surface area contributed by atoms with Crippen molar-refractivity contribution in [3.8, 4) is 35.4 Å². The summed E-state index contributed by atoms with van der Waals surface area (Å²) in [7, 11) is 0. The number of terminal acetylenes is 1. The lowest BCUT2D eigenvalue weighted by Gasteiger charge is -2.34. The van der Waals surface area contributed by atoms with Gasteiger partial charge in [0.05, 0.1) is 28.7 Å². The highest BCUT2D eigenvalue weighted by molar-refractivity contribution is 6.03. The summed E-state index contributed by atoms with van der Waals surface area (Å²) in [6.07, 6.45) is 10.3. The van der Waals surface area contributed by atoms with E-state index in [4.69, 9.17) is 20.9 Å². The van der Waals surface area contributed by atoms with Gasteiger partial charge in [0.2, 0.25) is 0 Å². The molecule has 4 fully saturated rings. The summed E-state index contributed by atoms with van der Waals surface area (Å²) in [4.78, 5) is 18.0. The maximum Gasteiger partial charge on any atom is 0.319 e. The Morgan fingerprint density at radius 1 is 1.14 bits per heavy atom. The average Bonchev–Trinajstić information content (AvgIpc) is 3.66. The summed E-state index contributed by atoms with van der Waals surface area (Å²) in [6.45, 7) is 2.54. The van der Waals surface area contributed by atoms with Crippen LogP contribution >= 0.6 is 0 Å². The summed E-state index contributed by atoms with van der Waals surface area (Å²) in [5.74, 6) is 1.27. The molecule has 0 unspecified atom stereocenters. The van der Waals surface area contributed by atoms with E-state index < -0.39 is 23.3 Å². The van der Waals surface area contributed by atoms with Crippen molar-refractivity contribution in [1.82, 2.24) is 19.9 Å². The minimum absolute atomic E-state index is 0.0120. The van der Waals surface area contributed by atoms with Gasteiger partial charge in [0.1, 0.15) is 41.4 Å². The van der Waals surface area contributed by atoms with Crippen LogP contribution in [-0.2, 0) is 4.74 Å². The van der Waals surface area contributed by atoms with Gasteiger partial charge in [-0.25, -0.2) is 13.2 Å². The summed E-state index contributed by atoms with van der Waals surface area (Å²) in [5.41, 5.74) is -0.527. The number of morpholine rings is 1. The number of fused-ring (bicyclic) bond motifs is 5. The van der Waals surface area contributed by atoms with Gasteiger partial charge in [-0.3, -0.25) is 9.88 Å². The molecule has 11 heteroatoms. The van der Waals surface area contributed by atoms with Crippen LogP contribution in [0.5, 0.6) is 11.8 Å². The van der Waals surface area contributed by atoms with Crippen LogP contribution in [0.15, 0.2) is 30.5 Å². The number of halogens is 3. The molecule has 4 aliphatic rings. The number of aromatic hydroxyl groups is 1. The lowest BCUT2D eigenvalue weighted by Crippen LogP contribution is -2.44. The zero-order valence-electron chi connectivity index (χ0n) is 23.9. The van der Waals surface area contributed by atoms with E-state index in [0.717, 1.165) is 32.2 Å². The molecule has 2 aromatic heterocycles. The number of alkyl halides is 1. The van der Waals surface area contributed by atoms with Crippen LogP contribution in [0.2, 0.25) is 0 Å². The fourth-order valence-electron chi connectivity index (χ4n) is 7.70. The predicted octanol–water partition coefficient (Wildman–Crippen LogP) is 5.13. The molecular formula is C33H30F3N5O3.